The number of ether oxygens (including phenoxy) is 1. The van der Waals surface area contributed by atoms with Crippen molar-refractivity contribution >= 4 is 11.8 Å². The topological polar surface area (TPSA) is 43.4 Å². The molecule has 3 aliphatic rings. The molecule has 0 radical (unpaired) electrons. The molecular formula is C9H12O3. The van der Waals surface area contributed by atoms with E-state index in [-0.39, 0.29) is 17.2 Å². The third-order valence-electron chi connectivity index (χ3n) is 3.25. The molecule has 3 heteroatoms. The van der Waals surface area contributed by atoms with Crippen LogP contribution < -0.4 is 0 Å². The quantitative estimate of drug-likeness (QED) is 0.547. The molecule has 12 heavy (non-hydrogen) atoms. The Hall–Kier alpha value is -0.860. The van der Waals surface area contributed by atoms with Crippen LogP contribution in [0.5, 0.6) is 0 Å². The fourth-order valence-corrected chi connectivity index (χ4v) is 2.72. The molecule has 0 aromatic heterocycles. The number of carbonyl (C=O) groups excluding carboxylic acids is 2. The summed E-state index contributed by atoms with van der Waals surface area (Å²) in [4.78, 5) is 22.6. The Bertz CT molecular complexity index is 261. The van der Waals surface area contributed by atoms with E-state index in [0.717, 1.165) is 0 Å². The zero-order chi connectivity index (χ0) is 8.98. The molecule has 0 aromatic rings. The number of ketones is 1. The second kappa shape index (κ2) is 1.90. The third-order valence-corrected chi connectivity index (χ3v) is 3.25. The number of carbonyl (C=O) groups is 2. The molecule has 0 N–H and O–H groups in total. The van der Waals surface area contributed by atoms with E-state index in [9.17, 15) is 9.59 Å². The Kier molecular flexibility index (Phi) is 1.23. The number of rotatable bonds is 1. The van der Waals surface area contributed by atoms with Gasteiger partial charge in [-0.25, -0.2) is 0 Å². The SMILES string of the molecule is COC(=O)C12CC(=O)C(C)(C1)C2. The van der Waals surface area contributed by atoms with Gasteiger partial charge in [-0.15, -0.1) is 0 Å². The predicted molar refractivity (Wildman–Crippen MR) is 41.4 cm³/mol. The number of methoxy groups -OCH3 is 1. The molecule has 3 rings (SSSR count). The summed E-state index contributed by atoms with van der Waals surface area (Å²) in [5, 5.41) is 0. The second-order valence-electron chi connectivity index (χ2n) is 4.29. The molecule has 0 aliphatic heterocycles. The van der Waals surface area contributed by atoms with Crippen molar-refractivity contribution in [3.05, 3.63) is 0 Å². The van der Waals surface area contributed by atoms with Gasteiger partial charge < -0.3 is 4.74 Å². The molecule has 66 valence electrons. The molecule has 3 nitrogen and oxygen atoms in total. The highest BCUT2D eigenvalue weighted by atomic mass is 16.5. The van der Waals surface area contributed by atoms with Gasteiger partial charge in [-0.05, 0) is 12.8 Å². The third kappa shape index (κ3) is 0.667. The Morgan fingerprint density at radius 3 is 2.42 bits per heavy atom. The van der Waals surface area contributed by atoms with Crippen molar-refractivity contribution in [1.29, 1.82) is 0 Å². The standard InChI is InChI=1S/C9H12O3/c1-8-4-9(5-8,3-6(8)10)7(11)12-2/h3-5H2,1-2H3. The van der Waals surface area contributed by atoms with Crippen LogP contribution >= 0.6 is 0 Å². The van der Waals surface area contributed by atoms with Crippen molar-refractivity contribution in [2.75, 3.05) is 7.11 Å². The maximum absolute atomic E-state index is 11.4. The largest absolute Gasteiger partial charge is 0.469 e. The van der Waals surface area contributed by atoms with Crippen LogP contribution in [0.2, 0.25) is 0 Å². The Morgan fingerprint density at radius 2 is 2.08 bits per heavy atom. The van der Waals surface area contributed by atoms with E-state index in [1.54, 1.807) is 0 Å². The normalized spacial score (nSPS) is 44.0. The van der Waals surface area contributed by atoms with Crippen molar-refractivity contribution < 1.29 is 14.3 Å². The summed E-state index contributed by atoms with van der Waals surface area (Å²) in [6.45, 7) is 1.93. The maximum atomic E-state index is 11.4. The lowest BCUT2D eigenvalue weighted by Gasteiger charge is -2.41. The van der Waals surface area contributed by atoms with Gasteiger partial charge in [0.15, 0.2) is 0 Å². The lowest BCUT2D eigenvalue weighted by atomic mass is 9.61. The van der Waals surface area contributed by atoms with Gasteiger partial charge in [0, 0.05) is 11.8 Å². The van der Waals surface area contributed by atoms with Crippen LogP contribution in [0.25, 0.3) is 0 Å². The van der Waals surface area contributed by atoms with Crippen LogP contribution in [-0.2, 0) is 14.3 Å². The summed E-state index contributed by atoms with van der Waals surface area (Å²) in [5.41, 5.74) is -0.630. The van der Waals surface area contributed by atoms with Gasteiger partial charge in [0.2, 0.25) is 0 Å². The molecule has 0 saturated heterocycles. The van der Waals surface area contributed by atoms with Crippen LogP contribution in [0.1, 0.15) is 26.2 Å². The predicted octanol–water partition coefficient (Wildman–Crippen LogP) is 0.919. The second-order valence-corrected chi connectivity index (χ2v) is 4.29. The van der Waals surface area contributed by atoms with Crippen LogP contribution in [-0.4, -0.2) is 18.9 Å². The Labute approximate surface area is 71.1 Å². The van der Waals surface area contributed by atoms with Gasteiger partial charge >= 0.3 is 5.97 Å². The maximum Gasteiger partial charge on any atom is 0.312 e. The molecule has 0 aromatic carbocycles. The van der Waals surface area contributed by atoms with Gasteiger partial charge in [0.25, 0.3) is 0 Å². The van der Waals surface area contributed by atoms with Crippen molar-refractivity contribution in [2.45, 2.75) is 26.2 Å². The average molecular weight is 168 g/mol. The van der Waals surface area contributed by atoms with Crippen molar-refractivity contribution in [3.63, 3.8) is 0 Å². The zero-order valence-corrected chi connectivity index (χ0v) is 7.35. The fraction of sp³-hybridized carbons (Fsp3) is 0.778. The van der Waals surface area contributed by atoms with Crippen molar-refractivity contribution in [2.24, 2.45) is 10.8 Å². The molecule has 0 atom stereocenters. The first-order valence-corrected chi connectivity index (χ1v) is 4.14. The van der Waals surface area contributed by atoms with Gasteiger partial charge in [-0.1, -0.05) is 6.92 Å². The molecule has 3 saturated carbocycles. The lowest BCUT2D eigenvalue weighted by Crippen LogP contribution is -2.43. The summed E-state index contributed by atoms with van der Waals surface area (Å²) in [6.07, 6.45) is 1.80. The van der Waals surface area contributed by atoms with Gasteiger partial charge in [-0.2, -0.15) is 0 Å². The summed E-state index contributed by atoms with van der Waals surface area (Å²) < 4.78 is 4.68. The van der Waals surface area contributed by atoms with Crippen LogP contribution in [0.15, 0.2) is 0 Å². The molecule has 3 aliphatic carbocycles. The highest BCUT2D eigenvalue weighted by molar-refractivity contribution is 5.99. The van der Waals surface area contributed by atoms with Crippen LogP contribution in [0.4, 0.5) is 0 Å². The first-order valence-electron chi connectivity index (χ1n) is 4.14. The highest BCUT2D eigenvalue weighted by Gasteiger charge is 2.67. The molecule has 2 bridgehead atoms. The Morgan fingerprint density at radius 1 is 1.50 bits per heavy atom. The number of esters is 1. The smallest absolute Gasteiger partial charge is 0.312 e. The number of fused-ring (bicyclic) bond motifs is 1. The lowest BCUT2D eigenvalue weighted by molar-refractivity contribution is -0.160. The van der Waals surface area contributed by atoms with Crippen LogP contribution in [0, 0.1) is 10.8 Å². The van der Waals surface area contributed by atoms with E-state index in [2.05, 4.69) is 4.74 Å². The highest BCUT2D eigenvalue weighted by Crippen LogP contribution is 2.64. The number of hydrogen-bond donors (Lipinski definition) is 0. The molecule has 3 fully saturated rings. The summed E-state index contributed by atoms with van der Waals surface area (Å²) in [5.74, 6) is 0.0266. The van der Waals surface area contributed by atoms with Gasteiger partial charge in [-0.3, -0.25) is 9.59 Å². The van der Waals surface area contributed by atoms with Crippen molar-refractivity contribution in [3.8, 4) is 0 Å². The van der Waals surface area contributed by atoms with E-state index in [4.69, 9.17) is 0 Å². The average Bonchev–Trinajstić information content (AvgIpc) is 2.35. The monoisotopic (exact) mass is 168 g/mol. The van der Waals surface area contributed by atoms with E-state index in [0.29, 0.717) is 19.3 Å². The van der Waals surface area contributed by atoms with Crippen LogP contribution in [0.3, 0.4) is 0 Å². The first-order chi connectivity index (χ1) is 5.52. The minimum atomic E-state index is -0.430. The zero-order valence-electron chi connectivity index (χ0n) is 7.35. The van der Waals surface area contributed by atoms with E-state index in [1.807, 2.05) is 6.92 Å². The molecular weight excluding hydrogens is 156 g/mol. The number of hydrogen-bond acceptors (Lipinski definition) is 3. The first kappa shape index (κ1) is 7.77. The Balaban J connectivity index is 2.23. The molecule has 0 heterocycles. The van der Waals surface area contributed by atoms with E-state index < -0.39 is 5.41 Å². The molecule has 0 unspecified atom stereocenters. The van der Waals surface area contributed by atoms with Crippen molar-refractivity contribution in [1.82, 2.24) is 0 Å². The minimum Gasteiger partial charge on any atom is -0.469 e. The summed E-state index contributed by atoms with van der Waals surface area (Å²) in [7, 11) is 1.38. The minimum absolute atomic E-state index is 0.200. The van der Waals surface area contributed by atoms with E-state index in [1.165, 1.54) is 7.11 Å². The molecule has 0 spiro atoms. The summed E-state index contributed by atoms with van der Waals surface area (Å²) >= 11 is 0. The fourth-order valence-electron chi connectivity index (χ4n) is 2.72. The number of Topliss-reactive ketones (excluding diaryl/α,β-unsaturated/α-hetero) is 1. The summed E-state index contributed by atoms with van der Waals surface area (Å²) in [6, 6.07) is 0. The van der Waals surface area contributed by atoms with Gasteiger partial charge in [0.05, 0.1) is 12.5 Å². The molecule has 0 amide bonds. The van der Waals surface area contributed by atoms with Gasteiger partial charge in [0.1, 0.15) is 5.78 Å². The van der Waals surface area contributed by atoms with E-state index >= 15 is 0 Å².